The van der Waals surface area contributed by atoms with E-state index in [0.717, 1.165) is 30.0 Å². The van der Waals surface area contributed by atoms with Gasteiger partial charge in [0.25, 0.3) is 0 Å². The number of nitrogens with zero attached hydrogens (tertiary/aromatic N) is 1. The number of phenols is 1. The van der Waals surface area contributed by atoms with Crippen LogP contribution in [0.3, 0.4) is 0 Å². The van der Waals surface area contributed by atoms with Crippen LogP contribution < -0.4 is 9.47 Å². The molecule has 2 rings (SSSR count). The van der Waals surface area contributed by atoms with Gasteiger partial charge in [-0.05, 0) is 49.9 Å². The Morgan fingerprint density at radius 1 is 1.11 bits per heavy atom. The molecule has 0 aliphatic carbocycles. The predicted octanol–water partition coefficient (Wildman–Crippen LogP) is 4.54. The third-order valence-corrected chi connectivity index (χ3v) is 4.58. The molecular formula is C23H29NO4. The van der Waals surface area contributed by atoms with Crippen molar-refractivity contribution in [3.8, 4) is 17.2 Å². The molecule has 0 aliphatic heterocycles. The average Bonchev–Trinajstić information content (AvgIpc) is 2.72. The molecule has 0 radical (unpaired) electrons. The normalized spacial score (nSPS) is 11.2. The lowest BCUT2D eigenvalue weighted by Crippen LogP contribution is -2.22. The summed E-state index contributed by atoms with van der Waals surface area (Å²) < 4.78 is 10.8. The van der Waals surface area contributed by atoms with Crippen LogP contribution in [0.2, 0.25) is 0 Å². The fraction of sp³-hybridized carbons (Fsp3) is 0.348. The van der Waals surface area contributed by atoms with Crippen LogP contribution in [0.4, 0.5) is 0 Å². The number of allylic oxidation sites excluding steroid dienone is 1. The van der Waals surface area contributed by atoms with E-state index in [0.29, 0.717) is 18.9 Å². The van der Waals surface area contributed by atoms with Crippen molar-refractivity contribution in [1.29, 1.82) is 0 Å². The molecule has 5 nitrogen and oxygen atoms in total. The standard InChI is InChI=1S/C23H29NO4/c1-5-24(6-2)16-18-14-20(22(26)15-23(18)28-7-3)21(25)13-10-17-8-11-19(27-4)12-9-17/h8-15,26H,5-7,16H2,1-4H3/b13-10+. The van der Waals surface area contributed by atoms with Crippen molar-refractivity contribution < 1.29 is 19.4 Å². The lowest BCUT2D eigenvalue weighted by molar-refractivity contribution is 0.104. The van der Waals surface area contributed by atoms with Crippen LogP contribution in [-0.2, 0) is 6.54 Å². The highest BCUT2D eigenvalue weighted by Crippen LogP contribution is 2.30. The number of hydrogen-bond acceptors (Lipinski definition) is 5. The Hall–Kier alpha value is -2.79. The molecule has 1 N–H and O–H groups in total. The molecule has 0 spiro atoms. The molecule has 0 amide bonds. The van der Waals surface area contributed by atoms with Gasteiger partial charge in [0.1, 0.15) is 17.2 Å². The molecule has 0 heterocycles. The summed E-state index contributed by atoms with van der Waals surface area (Å²) in [5.74, 6) is 1.05. The molecule has 0 saturated carbocycles. The molecule has 5 heteroatoms. The minimum absolute atomic E-state index is 0.0730. The van der Waals surface area contributed by atoms with Crippen molar-refractivity contribution in [3.63, 3.8) is 0 Å². The average molecular weight is 383 g/mol. The zero-order valence-electron chi connectivity index (χ0n) is 17.1. The fourth-order valence-electron chi connectivity index (χ4n) is 2.89. The van der Waals surface area contributed by atoms with Gasteiger partial charge in [0.05, 0.1) is 19.3 Å². The third kappa shape index (κ3) is 5.60. The van der Waals surface area contributed by atoms with E-state index in [4.69, 9.17) is 9.47 Å². The molecule has 0 atom stereocenters. The first kappa shape index (κ1) is 21.5. The Morgan fingerprint density at radius 2 is 1.79 bits per heavy atom. The Bertz CT molecular complexity index is 808. The lowest BCUT2D eigenvalue weighted by Gasteiger charge is -2.21. The summed E-state index contributed by atoms with van der Waals surface area (Å²) in [6.45, 7) is 9.02. The second kappa shape index (κ2) is 10.5. The summed E-state index contributed by atoms with van der Waals surface area (Å²) in [6.07, 6.45) is 3.19. The largest absolute Gasteiger partial charge is 0.507 e. The highest BCUT2D eigenvalue weighted by Gasteiger charge is 2.16. The molecule has 0 fully saturated rings. The minimum atomic E-state index is -0.253. The molecule has 0 unspecified atom stereocenters. The molecule has 0 bridgehead atoms. The molecule has 0 aliphatic rings. The maximum absolute atomic E-state index is 12.7. The van der Waals surface area contributed by atoms with Crippen molar-refractivity contribution in [2.24, 2.45) is 0 Å². The third-order valence-electron chi connectivity index (χ3n) is 4.58. The van der Waals surface area contributed by atoms with Gasteiger partial charge in [-0.2, -0.15) is 0 Å². The molecular weight excluding hydrogens is 354 g/mol. The Labute approximate surface area is 167 Å². The Balaban J connectivity index is 2.29. The molecule has 0 aromatic heterocycles. The first-order chi connectivity index (χ1) is 13.5. The van der Waals surface area contributed by atoms with Gasteiger partial charge >= 0.3 is 0 Å². The SMILES string of the molecule is CCOc1cc(O)c(C(=O)/C=C/c2ccc(OC)cc2)cc1CN(CC)CC. The van der Waals surface area contributed by atoms with Crippen LogP contribution in [-0.4, -0.2) is 42.6 Å². The zero-order chi connectivity index (χ0) is 20.5. The summed E-state index contributed by atoms with van der Waals surface area (Å²) in [6, 6.07) is 10.7. The monoisotopic (exact) mass is 383 g/mol. The summed E-state index contributed by atoms with van der Waals surface area (Å²) in [7, 11) is 1.61. The van der Waals surface area contributed by atoms with Crippen molar-refractivity contribution >= 4 is 11.9 Å². The van der Waals surface area contributed by atoms with Gasteiger partial charge in [0.2, 0.25) is 0 Å². The second-order valence-electron chi connectivity index (χ2n) is 6.34. The van der Waals surface area contributed by atoms with Crippen molar-refractivity contribution in [1.82, 2.24) is 4.90 Å². The highest BCUT2D eigenvalue weighted by atomic mass is 16.5. The zero-order valence-corrected chi connectivity index (χ0v) is 17.1. The minimum Gasteiger partial charge on any atom is -0.507 e. The van der Waals surface area contributed by atoms with Crippen LogP contribution in [0.15, 0.2) is 42.5 Å². The maximum atomic E-state index is 12.7. The van der Waals surface area contributed by atoms with Gasteiger partial charge in [-0.3, -0.25) is 9.69 Å². The van der Waals surface area contributed by atoms with Crippen LogP contribution >= 0.6 is 0 Å². The first-order valence-corrected chi connectivity index (χ1v) is 9.59. The summed E-state index contributed by atoms with van der Waals surface area (Å²) >= 11 is 0. The fourth-order valence-corrected chi connectivity index (χ4v) is 2.89. The van der Waals surface area contributed by atoms with Crippen molar-refractivity contribution in [3.05, 3.63) is 59.2 Å². The number of benzene rings is 2. The van der Waals surface area contributed by atoms with E-state index in [2.05, 4.69) is 18.7 Å². The van der Waals surface area contributed by atoms with Crippen LogP contribution in [0.5, 0.6) is 17.2 Å². The van der Waals surface area contributed by atoms with E-state index in [9.17, 15) is 9.90 Å². The number of hydrogen-bond donors (Lipinski definition) is 1. The van der Waals surface area contributed by atoms with Crippen molar-refractivity contribution in [2.45, 2.75) is 27.3 Å². The number of carbonyl (C=O) groups is 1. The summed E-state index contributed by atoms with van der Waals surface area (Å²) in [4.78, 5) is 14.9. The summed E-state index contributed by atoms with van der Waals surface area (Å²) in [5, 5.41) is 10.4. The van der Waals surface area contributed by atoms with Crippen LogP contribution in [0.25, 0.3) is 6.08 Å². The molecule has 150 valence electrons. The van der Waals surface area contributed by atoms with Gasteiger partial charge in [-0.1, -0.05) is 32.1 Å². The van der Waals surface area contributed by atoms with E-state index in [1.807, 2.05) is 31.2 Å². The predicted molar refractivity (Wildman–Crippen MR) is 112 cm³/mol. The number of rotatable bonds is 10. The number of aromatic hydroxyl groups is 1. The topological polar surface area (TPSA) is 59.0 Å². The van der Waals surface area contributed by atoms with Crippen LogP contribution in [0, 0.1) is 0 Å². The number of methoxy groups -OCH3 is 1. The van der Waals surface area contributed by atoms with Gasteiger partial charge in [-0.25, -0.2) is 0 Å². The number of carbonyl (C=O) groups excluding carboxylic acids is 1. The quantitative estimate of drug-likeness (QED) is 0.482. The van der Waals surface area contributed by atoms with E-state index >= 15 is 0 Å². The van der Waals surface area contributed by atoms with E-state index in [-0.39, 0.29) is 17.1 Å². The maximum Gasteiger partial charge on any atom is 0.189 e. The summed E-state index contributed by atoms with van der Waals surface area (Å²) in [5.41, 5.74) is 2.04. The Morgan fingerprint density at radius 3 is 2.36 bits per heavy atom. The molecule has 0 saturated heterocycles. The Kier molecular flexibility index (Phi) is 8.08. The van der Waals surface area contributed by atoms with Gasteiger partial charge in [-0.15, -0.1) is 0 Å². The van der Waals surface area contributed by atoms with E-state index in [1.54, 1.807) is 19.3 Å². The first-order valence-electron chi connectivity index (χ1n) is 9.59. The molecule has 28 heavy (non-hydrogen) atoms. The van der Waals surface area contributed by atoms with Crippen molar-refractivity contribution in [2.75, 3.05) is 26.8 Å². The van der Waals surface area contributed by atoms with E-state index in [1.165, 1.54) is 12.1 Å². The smallest absolute Gasteiger partial charge is 0.189 e. The van der Waals surface area contributed by atoms with Gasteiger partial charge in [0, 0.05) is 18.2 Å². The van der Waals surface area contributed by atoms with E-state index < -0.39 is 0 Å². The number of ether oxygens (including phenoxy) is 2. The highest BCUT2D eigenvalue weighted by molar-refractivity contribution is 6.08. The van der Waals surface area contributed by atoms with Gasteiger partial charge in [0.15, 0.2) is 5.78 Å². The van der Waals surface area contributed by atoms with Gasteiger partial charge < -0.3 is 14.6 Å². The molecule has 2 aromatic carbocycles. The number of phenolic OH excluding ortho intramolecular Hbond substituents is 1. The van der Waals surface area contributed by atoms with Crippen LogP contribution in [0.1, 0.15) is 42.3 Å². The lowest BCUT2D eigenvalue weighted by atomic mass is 10.0. The number of ketones is 1. The molecule has 2 aromatic rings. The second-order valence-corrected chi connectivity index (χ2v) is 6.34.